The molecular formula is C23H21N3O4S. The van der Waals surface area contributed by atoms with E-state index in [9.17, 15) is 13.2 Å². The van der Waals surface area contributed by atoms with Crippen LogP contribution in [0.2, 0.25) is 0 Å². The minimum Gasteiger partial charge on any atom is -0.484 e. The zero-order valence-electron chi connectivity index (χ0n) is 16.8. The molecule has 3 rings (SSSR count). The van der Waals surface area contributed by atoms with Crippen LogP contribution in [-0.2, 0) is 14.8 Å². The number of sulfonamides is 1. The second kappa shape index (κ2) is 9.89. The van der Waals surface area contributed by atoms with Crippen molar-refractivity contribution in [3.63, 3.8) is 0 Å². The second-order valence-electron chi connectivity index (χ2n) is 6.75. The van der Waals surface area contributed by atoms with Gasteiger partial charge in [0.2, 0.25) is 10.0 Å². The van der Waals surface area contributed by atoms with Gasteiger partial charge in [-0.2, -0.15) is 5.26 Å². The van der Waals surface area contributed by atoms with Gasteiger partial charge < -0.3 is 10.1 Å². The lowest BCUT2D eigenvalue weighted by molar-refractivity contribution is -0.118. The highest BCUT2D eigenvalue weighted by atomic mass is 32.2. The van der Waals surface area contributed by atoms with Gasteiger partial charge in [0.1, 0.15) is 5.75 Å². The van der Waals surface area contributed by atoms with E-state index in [1.807, 2.05) is 36.4 Å². The van der Waals surface area contributed by atoms with Gasteiger partial charge >= 0.3 is 0 Å². The zero-order valence-corrected chi connectivity index (χ0v) is 17.6. The van der Waals surface area contributed by atoms with E-state index < -0.39 is 15.9 Å². The molecule has 2 N–H and O–H groups in total. The molecule has 0 saturated heterocycles. The predicted octanol–water partition coefficient (Wildman–Crippen LogP) is 3.62. The number of ether oxygens (including phenoxy) is 1. The summed E-state index contributed by atoms with van der Waals surface area (Å²) in [7, 11) is -3.71. The minimum atomic E-state index is -3.71. The molecule has 0 saturated carbocycles. The monoisotopic (exact) mass is 435 g/mol. The summed E-state index contributed by atoms with van der Waals surface area (Å²) in [5.74, 6) is -0.0406. The van der Waals surface area contributed by atoms with E-state index in [-0.39, 0.29) is 17.5 Å². The Bertz CT molecular complexity index is 1190. The van der Waals surface area contributed by atoms with E-state index in [1.54, 1.807) is 31.2 Å². The maximum absolute atomic E-state index is 12.6. The number of carbonyl (C=O) groups excluding carboxylic acids is 1. The van der Waals surface area contributed by atoms with Crippen LogP contribution in [0.4, 0.5) is 5.69 Å². The number of nitrogens with one attached hydrogen (secondary N) is 2. The van der Waals surface area contributed by atoms with E-state index in [4.69, 9.17) is 10.00 Å². The number of hydrogen-bond acceptors (Lipinski definition) is 5. The first-order valence-corrected chi connectivity index (χ1v) is 11.0. The molecule has 0 heterocycles. The number of anilines is 1. The summed E-state index contributed by atoms with van der Waals surface area (Å²) in [5.41, 5.74) is 1.79. The van der Waals surface area contributed by atoms with Crippen molar-refractivity contribution in [3.8, 4) is 11.8 Å². The van der Waals surface area contributed by atoms with Crippen LogP contribution in [0.1, 0.15) is 24.1 Å². The van der Waals surface area contributed by atoms with E-state index in [0.717, 1.165) is 5.56 Å². The molecule has 0 unspecified atom stereocenters. The Morgan fingerprint density at radius 2 is 1.74 bits per heavy atom. The van der Waals surface area contributed by atoms with Crippen molar-refractivity contribution in [1.29, 1.82) is 5.26 Å². The Labute approximate surface area is 181 Å². The lowest BCUT2D eigenvalue weighted by Crippen LogP contribution is -2.26. The number of nitriles is 1. The third-order valence-corrected chi connectivity index (χ3v) is 5.97. The third kappa shape index (κ3) is 6.15. The zero-order chi connectivity index (χ0) is 22.3. The van der Waals surface area contributed by atoms with Crippen molar-refractivity contribution >= 4 is 21.6 Å². The van der Waals surface area contributed by atoms with Gasteiger partial charge in [-0.15, -0.1) is 0 Å². The highest BCUT2D eigenvalue weighted by Crippen LogP contribution is 2.19. The smallest absolute Gasteiger partial charge is 0.262 e. The first-order chi connectivity index (χ1) is 14.9. The molecule has 3 aromatic carbocycles. The van der Waals surface area contributed by atoms with Gasteiger partial charge in [0.15, 0.2) is 6.61 Å². The fourth-order valence-corrected chi connectivity index (χ4v) is 4.07. The molecule has 8 heteroatoms. The first kappa shape index (κ1) is 22.0. The molecule has 31 heavy (non-hydrogen) atoms. The molecule has 0 aromatic heterocycles. The molecule has 0 aliphatic carbocycles. The van der Waals surface area contributed by atoms with E-state index in [2.05, 4.69) is 10.0 Å². The van der Waals surface area contributed by atoms with Crippen molar-refractivity contribution in [2.75, 3.05) is 11.9 Å². The molecule has 0 radical (unpaired) electrons. The quantitative estimate of drug-likeness (QED) is 0.562. The Kier molecular flexibility index (Phi) is 7.03. The van der Waals surface area contributed by atoms with E-state index in [1.165, 1.54) is 24.3 Å². The number of hydrogen-bond donors (Lipinski definition) is 2. The number of amides is 1. The summed E-state index contributed by atoms with van der Waals surface area (Å²) in [6.07, 6.45) is 0. The fourth-order valence-electron chi connectivity index (χ4n) is 2.84. The van der Waals surface area contributed by atoms with Crippen LogP contribution in [0.5, 0.6) is 5.75 Å². The number of rotatable bonds is 8. The van der Waals surface area contributed by atoms with Crippen LogP contribution in [0.3, 0.4) is 0 Å². The molecular weight excluding hydrogens is 414 g/mol. The van der Waals surface area contributed by atoms with E-state index in [0.29, 0.717) is 17.0 Å². The van der Waals surface area contributed by atoms with Crippen molar-refractivity contribution in [2.45, 2.75) is 17.9 Å². The molecule has 0 aliphatic rings. The number of nitrogens with zero attached hydrogens (tertiary/aromatic N) is 1. The Morgan fingerprint density at radius 3 is 2.42 bits per heavy atom. The largest absolute Gasteiger partial charge is 0.484 e. The standard InChI is InChI=1S/C23H21N3O4S/c1-17(19-7-3-2-4-8-19)26-31(28,29)22-12-10-21(11-13-22)30-16-23(27)25-20-9-5-6-18(14-20)15-24/h2-14,17,26H,16H2,1H3,(H,25,27)/t17-/m1/s1. The molecule has 0 bridgehead atoms. The van der Waals surface area contributed by atoms with Crippen molar-refractivity contribution in [2.24, 2.45) is 0 Å². The van der Waals surface area contributed by atoms with Gasteiger partial charge in [-0.05, 0) is 55.0 Å². The minimum absolute atomic E-state index is 0.0976. The molecule has 3 aromatic rings. The van der Waals surface area contributed by atoms with Gasteiger partial charge in [-0.25, -0.2) is 13.1 Å². The fraction of sp³-hybridized carbons (Fsp3) is 0.130. The first-order valence-electron chi connectivity index (χ1n) is 9.47. The van der Waals surface area contributed by atoms with Crippen LogP contribution in [0.15, 0.2) is 83.8 Å². The van der Waals surface area contributed by atoms with Crippen molar-refractivity contribution in [3.05, 3.63) is 90.0 Å². The Balaban J connectivity index is 1.57. The van der Waals surface area contributed by atoms with Gasteiger partial charge in [0.25, 0.3) is 5.91 Å². The molecule has 7 nitrogen and oxygen atoms in total. The van der Waals surface area contributed by atoms with E-state index >= 15 is 0 Å². The van der Waals surface area contributed by atoms with Gasteiger partial charge in [-0.3, -0.25) is 4.79 Å². The number of benzene rings is 3. The summed E-state index contributed by atoms with van der Waals surface area (Å²) in [4.78, 5) is 12.1. The summed E-state index contributed by atoms with van der Waals surface area (Å²) >= 11 is 0. The second-order valence-corrected chi connectivity index (χ2v) is 8.47. The molecule has 0 fully saturated rings. The third-order valence-electron chi connectivity index (χ3n) is 4.41. The lowest BCUT2D eigenvalue weighted by Gasteiger charge is -2.15. The topological polar surface area (TPSA) is 108 Å². The highest BCUT2D eigenvalue weighted by Gasteiger charge is 2.18. The molecule has 0 spiro atoms. The van der Waals surface area contributed by atoms with Crippen LogP contribution in [0.25, 0.3) is 0 Å². The van der Waals surface area contributed by atoms with Crippen LogP contribution >= 0.6 is 0 Å². The number of carbonyl (C=O) groups is 1. The Hall–Kier alpha value is -3.67. The average molecular weight is 436 g/mol. The normalized spacial score (nSPS) is 11.9. The lowest BCUT2D eigenvalue weighted by atomic mass is 10.1. The molecule has 1 atom stereocenters. The van der Waals surface area contributed by atoms with Crippen LogP contribution in [-0.4, -0.2) is 20.9 Å². The van der Waals surface area contributed by atoms with Crippen molar-refractivity contribution in [1.82, 2.24) is 4.72 Å². The highest BCUT2D eigenvalue weighted by molar-refractivity contribution is 7.89. The average Bonchev–Trinajstić information content (AvgIpc) is 2.78. The maximum Gasteiger partial charge on any atom is 0.262 e. The predicted molar refractivity (Wildman–Crippen MR) is 117 cm³/mol. The summed E-state index contributed by atoms with van der Waals surface area (Å²) in [6.45, 7) is 1.52. The van der Waals surface area contributed by atoms with Crippen molar-refractivity contribution < 1.29 is 17.9 Å². The SMILES string of the molecule is C[C@@H](NS(=O)(=O)c1ccc(OCC(=O)Nc2cccc(C#N)c2)cc1)c1ccccc1. The molecule has 1 amide bonds. The summed E-state index contributed by atoms with van der Waals surface area (Å²) in [5, 5.41) is 11.5. The van der Waals surface area contributed by atoms with Gasteiger partial charge in [-0.1, -0.05) is 36.4 Å². The molecule has 0 aliphatic heterocycles. The Morgan fingerprint density at radius 1 is 1.03 bits per heavy atom. The summed E-state index contributed by atoms with van der Waals surface area (Å²) in [6, 6.07) is 23.2. The maximum atomic E-state index is 12.6. The van der Waals surface area contributed by atoms with Gasteiger partial charge in [0, 0.05) is 11.7 Å². The molecule has 158 valence electrons. The van der Waals surface area contributed by atoms with Crippen LogP contribution in [0, 0.1) is 11.3 Å². The van der Waals surface area contributed by atoms with Crippen LogP contribution < -0.4 is 14.8 Å². The summed E-state index contributed by atoms with van der Waals surface area (Å²) < 4.78 is 33.3. The van der Waals surface area contributed by atoms with Gasteiger partial charge in [0.05, 0.1) is 16.5 Å².